The summed E-state index contributed by atoms with van der Waals surface area (Å²) in [5.41, 5.74) is 0.297. The lowest BCUT2D eigenvalue weighted by molar-refractivity contribution is -0.140. The van der Waals surface area contributed by atoms with E-state index in [4.69, 9.17) is 9.15 Å². The number of sulfone groups is 1. The van der Waals surface area contributed by atoms with Gasteiger partial charge in [-0.3, -0.25) is 4.79 Å². The van der Waals surface area contributed by atoms with E-state index in [-0.39, 0.29) is 36.1 Å². The minimum Gasteiger partial charge on any atom is -0.469 e. The molecule has 1 amide bonds. The summed E-state index contributed by atoms with van der Waals surface area (Å²) in [7, 11) is -3.10. The lowest BCUT2D eigenvalue weighted by Gasteiger charge is -2.38. The minimum atomic E-state index is -3.10. The van der Waals surface area contributed by atoms with Gasteiger partial charge in [0.2, 0.25) is 0 Å². The van der Waals surface area contributed by atoms with E-state index in [1.165, 1.54) is 12.3 Å². The minimum absolute atomic E-state index is 0.00399. The molecule has 0 N–H and O–H groups in total. The highest BCUT2D eigenvalue weighted by Crippen LogP contribution is 2.28. The third-order valence-corrected chi connectivity index (χ3v) is 7.01. The molecule has 2 aliphatic rings. The molecule has 1 saturated carbocycles. The van der Waals surface area contributed by atoms with Crippen molar-refractivity contribution in [3.63, 3.8) is 0 Å². The van der Waals surface area contributed by atoms with Gasteiger partial charge in [0, 0.05) is 12.1 Å². The van der Waals surface area contributed by atoms with Crippen molar-refractivity contribution >= 4 is 21.7 Å². The van der Waals surface area contributed by atoms with E-state index in [1.807, 2.05) is 0 Å². The maximum absolute atomic E-state index is 12.8. The molecule has 2 fully saturated rings. The Kier molecular flexibility index (Phi) is 5.70. The molecule has 1 aromatic rings. The number of ether oxygens (including phenoxy) is 1. The Balaban J connectivity index is 1.68. The van der Waals surface area contributed by atoms with Crippen LogP contribution in [0.1, 0.15) is 54.6 Å². The van der Waals surface area contributed by atoms with Gasteiger partial charge in [0.15, 0.2) is 16.4 Å². The summed E-state index contributed by atoms with van der Waals surface area (Å²) in [6.07, 6.45) is 6.79. The molecule has 1 atom stereocenters. The number of amides is 1. The molecule has 3 rings (SSSR count). The Morgan fingerprint density at radius 2 is 1.92 bits per heavy atom. The summed E-state index contributed by atoms with van der Waals surface area (Å²) in [4.78, 5) is 26.6. The molecule has 1 aromatic heterocycles. The molecule has 7 nitrogen and oxygen atoms in total. The molecular formula is C18H25NO6S. The fourth-order valence-electron chi connectivity index (χ4n) is 3.94. The van der Waals surface area contributed by atoms with E-state index in [2.05, 4.69) is 0 Å². The van der Waals surface area contributed by atoms with E-state index in [9.17, 15) is 18.0 Å². The Morgan fingerprint density at radius 1 is 1.19 bits per heavy atom. The molecule has 0 bridgehead atoms. The number of furan rings is 1. The second-order valence-electron chi connectivity index (χ2n) is 7.12. The highest BCUT2D eigenvalue weighted by molar-refractivity contribution is 7.91. The van der Waals surface area contributed by atoms with Crippen molar-refractivity contribution in [3.05, 3.63) is 23.7 Å². The molecule has 0 aromatic carbocycles. The molecule has 1 aliphatic heterocycles. The smallest absolute Gasteiger partial charge is 0.342 e. The first-order valence-corrected chi connectivity index (χ1v) is 10.9. The Bertz CT molecular complexity index is 762. The zero-order chi connectivity index (χ0) is 18.7. The Labute approximate surface area is 153 Å². The van der Waals surface area contributed by atoms with Crippen LogP contribution in [0.15, 0.2) is 16.7 Å². The summed E-state index contributed by atoms with van der Waals surface area (Å²) >= 11 is 0. The highest BCUT2D eigenvalue weighted by Gasteiger charge is 2.38. The second-order valence-corrected chi connectivity index (χ2v) is 9.35. The first kappa shape index (κ1) is 18.9. The topological polar surface area (TPSA) is 93.9 Å². The van der Waals surface area contributed by atoms with Crippen LogP contribution in [-0.4, -0.2) is 55.4 Å². The number of carbonyl (C=O) groups is 2. The van der Waals surface area contributed by atoms with E-state index in [0.717, 1.165) is 32.1 Å². The fourth-order valence-corrected chi connectivity index (χ4v) is 5.65. The van der Waals surface area contributed by atoms with Crippen LogP contribution < -0.4 is 0 Å². The van der Waals surface area contributed by atoms with Crippen molar-refractivity contribution in [2.75, 3.05) is 18.1 Å². The molecule has 8 heteroatoms. The molecule has 144 valence electrons. The normalized spacial score (nSPS) is 22.9. The van der Waals surface area contributed by atoms with Crippen LogP contribution in [-0.2, 0) is 19.4 Å². The van der Waals surface area contributed by atoms with Crippen LogP contribution in [0.3, 0.4) is 0 Å². The number of esters is 1. The number of aryl methyl sites for hydroxylation is 1. The zero-order valence-corrected chi connectivity index (χ0v) is 15.8. The van der Waals surface area contributed by atoms with Gasteiger partial charge in [0.25, 0.3) is 5.91 Å². The van der Waals surface area contributed by atoms with E-state index in [1.54, 1.807) is 11.8 Å². The van der Waals surface area contributed by atoms with E-state index in [0.29, 0.717) is 17.7 Å². The van der Waals surface area contributed by atoms with Crippen molar-refractivity contribution in [1.82, 2.24) is 4.90 Å². The molecule has 1 aliphatic carbocycles. The van der Waals surface area contributed by atoms with Gasteiger partial charge in [-0.2, -0.15) is 0 Å². The molecule has 1 saturated heterocycles. The first-order valence-electron chi connectivity index (χ1n) is 9.10. The van der Waals surface area contributed by atoms with Crippen LogP contribution in [0.4, 0.5) is 0 Å². The van der Waals surface area contributed by atoms with Gasteiger partial charge in [0.05, 0.1) is 17.8 Å². The molecule has 26 heavy (non-hydrogen) atoms. The van der Waals surface area contributed by atoms with Gasteiger partial charge >= 0.3 is 5.97 Å². The predicted octanol–water partition coefficient (Wildman–Crippen LogP) is 2.09. The van der Waals surface area contributed by atoms with Crippen LogP contribution in [0.5, 0.6) is 0 Å². The maximum Gasteiger partial charge on any atom is 0.342 e. The quantitative estimate of drug-likeness (QED) is 0.723. The van der Waals surface area contributed by atoms with Gasteiger partial charge in [-0.25, -0.2) is 13.2 Å². The third kappa shape index (κ3) is 4.28. The average molecular weight is 383 g/mol. The molecule has 0 radical (unpaired) electrons. The number of hydrogen-bond acceptors (Lipinski definition) is 6. The second kappa shape index (κ2) is 7.82. The number of nitrogens with zero attached hydrogens (tertiary/aromatic N) is 1. The summed E-state index contributed by atoms with van der Waals surface area (Å²) in [5.74, 6) is -0.360. The van der Waals surface area contributed by atoms with Crippen LogP contribution in [0, 0.1) is 6.92 Å². The van der Waals surface area contributed by atoms with E-state index >= 15 is 0 Å². The van der Waals surface area contributed by atoms with Gasteiger partial charge in [-0.05, 0) is 32.3 Å². The molecule has 0 spiro atoms. The van der Waals surface area contributed by atoms with Crippen molar-refractivity contribution in [3.8, 4) is 0 Å². The van der Waals surface area contributed by atoms with E-state index < -0.39 is 15.8 Å². The van der Waals surface area contributed by atoms with Crippen molar-refractivity contribution in [1.29, 1.82) is 0 Å². The van der Waals surface area contributed by atoms with Gasteiger partial charge in [-0.15, -0.1) is 0 Å². The van der Waals surface area contributed by atoms with Gasteiger partial charge in [-0.1, -0.05) is 19.3 Å². The summed E-state index contributed by atoms with van der Waals surface area (Å²) in [6, 6.07) is 1.22. The predicted molar refractivity (Wildman–Crippen MR) is 94.5 cm³/mol. The largest absolute Gasteiger partial charge is 0.469 e. The van der Waals surface area contributed by atoms with Crippen LogP contribution in [0.25, 0.3) is 0 Å². The Morgan fingerprint density at radius 3 is 2.50 bits per heavy atom. The number of hydrogen-bond donors (Lipinski definition) is 0. The Hall–Kier alpha value is -1.83. The van der Waals surface area contributed by atoms with Crippen LogP contribution in [0.2, 0.25) is 0 Å². The molecular weight excluding hydrogens is 358 g/mol. The van der Waals surface area contributed by atoms with Crippen molar-refractivity contribution in [2.24, 2.45) is 0 Å². The van der Waals surface area contributed by atoms with Crippen LogP contribution >= 0.6 is 0 Å². The average Bonchev–Trinajstić information content (AvgIpc) is 3.19. The fraction of sp³-hybridized carbons (Fsp3) is 0.667. The zero-order valence-electron chi connectivity index (χ0n) is 15.0. The summed E-state index contributed by atoms with van der Waals surface area (Å²) < 4.78 is 34.0. The monoisotopic (exact) mass is 383 g/mol. The summed E-state index contributed by atoms with van der Waals surface area (Å²) in [6.45, 7) is 1.27. The maximum atomic E-state index is 12.8. The highest BCUT2D eigenvalue weighted by atomic mass is 32.2. The first-order chi connectivity index (χ1) is 12.4. The number of carbonyl (C=O) groups excluding carboxylic acids is 2. The lowest BCUT2D eigenvalue weighted by atomic mass is 9.93. The van der Waals surface area contributed by atoms with Crippen molar-refractivity contribution in [2.45, 2.75) is 57.5 Å². The number of rotatable bonds is 5. The third-order valence-electron chi connectivity index (χ3n) is 5.26. The standard InChI is InChI=1S/C18H25NO6S/c1-13-16(7-9-24-13)18(21)25-11-17(20)19(14-5-3-2-4-6-14)15-8-10-26(22,23)12-15/h7,9,14-15H,2-6,8,10-12H2,1H3. The SMILES string of the molecule is Cc1occc1C(=O)OCC(=O)N(C1CCCCC1)C1CCS(=O)(=O)C1. The van der Waals surface area contributed by atoms with Gasteiger partial charge < -0.3 is 14.1 Å². The van der Waals surface area contributed by atoms with Crippen molar-refractivity contribution < 1.29 is 27.2 Å². The molecule has 1 unspecified atom stereocenters. The lowest BCUT2D eigenvalue weighted by Crippen LogP contribution is -2.50. The van der Waals surface area contributed by atoms with Gasteiger partial charge in [0.1, 0.15) is 11.3 Å². The molecule has 2 heterocycles. The summed E-state index contributed by atoms with van der Waals surface area (Å²) in [5, 5.41) is 0.